The highest BCUT2D eigenvalue weighted by Gasteiger charge is 2.18. The summed E-state index contributed by atoms with van der Waals surface area (Å²) in [6, 6.07) is 0.226. The molecular formula is C12H19N3S2. The number of nitrogens with zero attached hydrogens (tertiary/aromatic N) is 2. The van der Waals surface area contributed by atoms with E-state index < -0.39 is 0 Å². The van der Waals surface area contributed by atoms with Gasteiger partial charge in [0.05, 0.1) is 5.25 Å². The van der Waals surface area contributed by atoms with Gasteiger partial charge < -0.3 is 5.73 Å². The van der Waals surface area contributed by atoms with Crippen molar-refractivity contribution < 1.29 is 0 Å². The second-order valence-corrected chi connectivity index (χ2v) is 6.72. The third-order valence-electron chi connectivity index (χ3n) is 2.85. The number of nitrogens with two attached hydrogens (primary N) is 1. The quantitative estimate of drug-likeness (QED) is 0.909. The van der Waals surface area contributed by atoms with Crippen LogP contribution in [0.25, 0.3) is 0 Å². The van der Waals surface area contributed by atoms with Crippen molar-refractivity contribution in [1.82, 2.24) is 9.97 Å². The van der Waals surface area contributed by atoms with Gasteiger partial charge in [0.15, 0.2) is 0 Å². The highest BCUT2D eigenvalue weighted by atomic mass is 32.2. The molecule has 0 bridgehead atoms. The molecule has 0 amide bonds. The topological polar surface area (TPSA) is 51.8 Å². The van der Waals surface area contributed by atoms with E-state index in [4.69, 9.17) is 5.73 Å². The Balaban J connectivity index is 1.97. The molecule has 1 aliphatic rings. The lowest BCUT2D eigenvalue weighted by molar-refractivity contribution is 0.642. The van der Waals surface area contributed by atoms with Gasteiger partial charge in [-0.15, -0.1) is 11.8 Å². The van der Waals surface area contributed by atoms with Crippen LogP contribution in [-0.2, 0) is 6.42 Å². The van der Waals surface area contributed by atoms with Gasteiger partial charge in [0.1, 0.15) is 5.82 Å². The number of aromatic nitrogens is 2. The van der Waals surface area contributed by atoms with E-state index in [0.717, 1.165) is 30.0 Å². The molecule has 94 valence electrons. The molecule has 0 aromatic carbocycles. The average Bonchev–Trinajstić information content (AvgIpc) is 2.40. The van der Waals surface area contributed by atoms with Crippen molar-refractivity contribution in [1.29, 1.82) is 0 Å². The summed E-state index contributed by atoms with van der Waals surface area (Å²) >= 11 is 3.97. The molecule has 2 atom stereocenters. The van der Waals surface area contributed by atoms with E-state index >= 15 is 0 Å². The second kappa shape index (κ2) is 6.61. The van der Waals surface area contributed by atoms with E-state index in [9.17, 15) is 0 Å². The molecule has 1 aliphatic heterocycles. The Labute approximate surface area is 111 Å². The van der Waals surface area contributed by atoms with Crippen molar-refractivity contribution in [2.75, 3.05) is 17.3 Å². The zero-order valence-corrected chi connectivity index (χ0v) is 11.8. The van der Waals surface area contributed by atoms with Crippen LogP contribution in [0.1, 0.15) is 30.0 Å². The van der Waals surface area contributed by atoms with Gasteiger partial charge in [-0.25, -0.2) is 9.97 Å². The maximum absolute atomic E-state index is 5.92. The predicted octanol–water partition coefficient (Wildman–Crippen LogP) is 2.28. The molecule has 2 rings (SSSR count). The van der Waals surface area contributed by atoms with E-state index in [1.165, 1.54) is 11.5 Å². The van der Waals surface area contributed by atoms with E-state index in [1.807, 2.05) is 35.9 Å². The van der Waals surface area contributed by atoms with Gasteiger partial charge in [-0.2, -0.15) is 11.8 Å². The molecule has 0 radical (unpaired) electrons. The smallest absolute Gasteiger partial charge is 0.141 e. The summed E-state index contributed by atoms with van der Waals surface area (Å²) < 4.78 is 0. The number of thioether (sulfide) groups is 2. The first-order valence-corrected chi connectivity index (χ1v) is 8.25. The van der Waals surface area contributed by atoms with Crippen molar-refractivity contribution in [2.45, 2.75) is 31.1 Å². The Morgan fingerprint density at radius 1 is 1.41 bits per heavy atom. The van der Waals surface area contributed by atoms with Crippen molar-refractivity contribution >= 4 is 23.5 Å². The minimum Gasteiger partial charge on any atom is -0.327 e. The average molecular weight is 269 g/mol. The van der Waals surface area contributed by atoms with Crippen LogP contribution in [0.2, 0.25) is 0 Å². The zero-order chi connectivity index (χ0) is 12.1. The van der Waals surface area contributed by atoms with E-state index in [2.05, 4.69) is 16.9 Å². The molecule has 0 aliphatic carbocycles. The maximum Gasteiger partial charge on any atom is 0.141 e. The fourth-order valence-electron chi connectivity index (χ4n) is 1.72. The largest absolute Gasteiger partial charge is 0.327 e. The van der Waals surface area contributed by atoms with Crippen molar-refractivity contribution in [3.63, 3.8) is 0 Å². The summed E-state index contributed by atoms with van der Waals surface area (Å²) in [6.45, 7) is 2.11. The van der Waals surface area contributed by atoms with Gasteiger partial charge in [-0.3, -0.25) is 0 Å². The number of rotatable bonds is 4. The Morgan fingerprint density at radius 3 is 2.76 bits per heavy atom. The highest BCUT2D eigenvalue weighted by molar-refractivity contribution is 8.06. The van der Waals surface area contributed by atoms with Gasteiger partial charge in [-0.1, -0.05) is 6.92 Å². The van der Waals surface area contributed by atoms with Crippen LogP contribution in [0.5, 0.6) is 0 Å². The SMILES string of the molecule is CCC(N)Cc1cnc(C2CSCCS2)nc1. The Morgan fingerprint density at radius 2 is 2.18 bits per heavy atom. The summed E-state index contributed by atoms with van der Waals surface area (Å²) in [5.41, 5.74) is 7.07. The first-order valence-electron chi connectivity index (χ1n) is 6.05. The lowest BCUT2D eigenvalue weighted by atomic mass is 10.1. The predicted molar refractivity (Wildman–Crippen MR) is 76.5 cm³/mol. The van der Waals surface area contributed by atoms with E-state index in [-0.39, 0.29) is 6.04 Å². The van der Waals surface area contributed by atoms with Gasteiger partial charge in [0.2, 0.25) is 0 Å². The lowest BCUT2D eigenvalue weighted by Crippen LogP contribution is -2.21. The Hall–Kier alpha value is -0.260. The molecule has 1 aromatic rings. The van der Waals surface area contributed by atoms with E-state index in [1.54, 1.807) is 0 Å². The molecule has 2 heterocycles. The number of hydrogen-bond acceptors (Lipinski definition) is 5. The summed E-state index contributed by atoms with van der Waals surface area (Å²) in [4.78, 5) is 8.98. The summed E-state index contributed by atoms with van der Waals surface area (Å²) in [7, 11) is 0. The first kappa shape index (κ1) is 13.2. The first-order chi connectivity index (χ1) is 8.29. The van der Waals surface area contributed by atoms with Gasteiger partial charge in [0.25, 0.3) is 0 Å². The highest BCUT2D eigenvalue weighted by Crippen LogP contribution is 2.34. The summed E-state index contributed by atoms with van der Waals surface area (Å²) in [5.74, 6) is 4.58. The fourth-order valence-corrected chi connectivity index (χ4v) is 4.34. The van der Waals surface area contributed by atoms with Crippen LogP contribution >= 0.6 is 23.5 Å². The van der Waals surface area contributed by atoms with Crippen LogP contribution in [-0.4, -0.2) is 33.3 Å². The summed E-state index contributed by atoms with van der Waals surface area (Å²) in [6.07, 6.45) is 5.76. The van der Waals surface area contributed by atoms with Crippen LogP contribution in [0.4, 0.5) is 0 Å². The minimum atomic E-state index is 0.226. The third kappa shape index (κ3) is 3.86. The monoisotopic (exact) mass is 269 g/mol. The van der Waals surface area contributed by atoms with Crippen LogP contribution in [0, 0.1) is 0 Å². The molecule has 2 N–H and O–H groups in total. The van der Waals surface area contributed by atoms with E-state index in [0.29, 0.717) is 5.25 Å². The Bertz CT molecular complexity index is 336. The third-order valence-corrected chi connectivity index (χ3v) is 5.60. The zero-order valence-electron chi connectivity index (χ0n) is 10.1. The molecule has 17 heavy (non-hydrogen) atoms. The fraction of sp³-hybridized carbons (Fsp3) is 0.667. The molecule has 2 unspecified atom stereocenters. The lowest BCUT2D eigenvalue weighted by Gasteiger charge is -2.19. The molecule has 3 nitrogen and oxygen atoms in total. The van der Waals surface area contributed by atoms with Crippen LogP contribution in [0.3, 0.4) is 0 Å². The number of hydrogen-bond donors (Lipinski definition) is 1. The molecule has 0 saturated carbocycles. The van der Waals surface area contributed by atoms with Gasteiger partial charge in [-0.05, 0) is 18.4 Å². The molecule has 1 aromatic heterocycles. The minimum absolute atomic E-state index is 0.226. The van der Waals surface area contributed by atoms with Crippen molar-refractivity contribution in [3.8, 4) is 0 Å². The van der Waals surface area contributed by atoms with Crippen molar-refractivity contribution in [2.24, 2.45) is 5.73 Å². The standard InChI is InChI=1S/C12H19N3S2/c1-2-10(13)5-9-6-14-12(15-7-9)11-8-16-3-4-17-11/h6-7,10-11H,2-5,8,13H2,1H3. The molecular weight excluding hydrogens is 250 g/mol. The molecule has 5 heteroatoms. The van der Waals surface area contributed by atoms with Crippen LogP contribution in [0.15, 0.2) is 12.4 Å². The molecule has 0 spiro atoms. The molecule has 1 fully saturated rings. The van der Waals surface area contributed by atoms with Crippen LogP contribution < -0.4 is 5.73 Å². The Kier molecular flexibility index (Phi) is 5.13. The van der Waals surface area contributed by atoms with Gasteiger partial charge >= 0.3 is 0 Å². The molecule has 1 saturated heterocycles. The summed E-state index contributed by atoms with van der Waals surface area (Å²) in [5, 5.41) is 0.475. The normalized spacial score (nSPS) is 22.4. The maximum atomic E-state index is 5.92. The van der Waals surface area contributed by atoms with Crippen molar-refractivity contribution in [3.05, 3.63) is 23.8 Å². The van der Waals surface area contributed by atoms with Gasteiger partial charge in [0, 0.05) is 35.7 Å². The second-order valence-electron chi connectivity index (χ2n) is 4.26.